The number of nitrogens with zero attached hydrogens (tertiary/aromatic N) is 4. The number of carbonyl (C=O) groups excluding carboxylic acids is 1. The summed E-state index contributed by atoms with van der Waals surface area (Å²) in [7, 11) is 2.58. The molecule has 0 aliphatic heterocycles. The maximum atomic E-state index is 12.8. The molecule has 0 saturated heterocycles. The molecular formula is C11H10F3N5O2. The largest absolute Gasteiger partial charge is 0.463 e. The average Bonchev–Trinajstić information content (AvgIpc) is 2.94. The van der Waals surface area contributed by atoms with Gasteiger partial charge in [0.25, 0.3) is 5.82 Å². The first-order valence-corrected chi connectivity index (χ1v) is 5.62. The number of nitrogens with one attached hydrogen (secondary N) is 1. The summed E-state index contributed by atoms with van der Waals surface area (Å²) in [5, 5.41) is 6.25. The third-order valence-electron chi connectivity index (χ3n) is 2.49. The number of aromatic nitrogens is 4. The molecular weight excluding hydrogens is 291 g/mol. The van der Waals surface area contributed by atoms with Crippen LogP contribution >= 0.6 is 0 Å². The number of carbonyl (C=O) groups is 1. The van der Waals surface area contributed by atoms with Gasteiger partial charge in [0.05, 0.1) is 12.7 Å². The average molecular weight is 301 g/mol. The minimum Gasteiger partial charge on any atom is -0.463 e. The second kappa shape index (κ2) is 5.38. The van der Waals surface area contributed by atoms with Crippen molar-refractivity contribution in [1.29, 1.82) is 0 Å². The number of hydrogen-bond donors (Lipinski definition) is 1. The fourth-order valence-electron chi connectivity index (χ4n) is 1.48. The fraction of sp³-hybridized carbons (Fsp3) is 0.273. The first-order valence-electron chi connectivity index (χ1n) is 5.62. The van der Waals surface area contributed by atoms with Crippen LogP contribution in [0.15, 0.2) is 18.5 Å². The lowest BCUT2D eigenvalue weighted by Crippen LogP contribution is -2.10. The van der Waals surface area contributed by atoms with Crippen LogP contribution in [-0.4, -0.2) is 39.9 Å². The lowest BCUT2D eigenvalue weighted by molar-refractivity contribution is -0.137. The van der Waals surface area contributed by atoms with Crippen LogP contribution in [-0.2, 0) is 10.9 Å². The van der Waals surface area contributed by atoms with Crippen LogP contribution in [0.5, 0.6) is 0 Å². The molecule has 7 nitrogen and oxygen atoms in total. The summed E-state index contributed by atoms with van der Waals surface area (Å²) in [6, 6.07) is 1.66. The first-order chi connectivity index (χ1) is 9.85. The molecule has 2 aromatic heterocycles. The van der Waals surface area contributed by atoms with Gasteiger partial charge in [-0.1, -0.05) is 0 Å². The van der Waals surface area contributed by atoms with Gasteiger partial charge >= 0.3 is 12.1 Å². The summed E-state index contributed by atoms with van der Waals surface area (Å²) in [5.74, 6) is -1.19. The number of pyridine rings is 1. The summed E-state index contributed by atoms with van der Waals surface area (Å²) in [6.07, 6.45) is -3.46. The van der Waals surface area contributed by atoms with Crippen molar-refractivity contribution >= 4 is 11.8 Å². The standard InChI is InChI=1S/C11H10F3N5O2/c1-15-7-3-6(11(12,13)14)4-8(17-7)19-5-16-9(18-19)10(20)21-2/h3-5H,1-2H3,(H,15,17). The molecule has 1 N–H and O–H groups in total. The van der Waals surface area contributed by atoms with E-state index in [9.17, 15) is 18.0 Å². The SMILES string of the molecule is CNc1cc(C(F)(F)F)cc(-n2cnc(C(=O)OC)n2)n1. The Bertz CT molecular complexity index is 668. The van der Waals surface area contributed by atoms with Crippen LogP contribution in [0.4, 0.5) is 19.0 Å². The summed E-state index contributed by atoms with van der Waals surface area (Å²) in [4.78, 5) is 18.8. The second-order valence-corrected chi connectivity index (χ2v) is 3.85. The van der Waals surface area contributed by atoms with Crippen LogP contribution in [0.25, 0.3) is 5.82 Å². The number of ether oxygens (including phenoxy) is 1. The lowest BCUT2D eigenvalue weighted by Gasteiger charge is -2.10. The molecule has 21 heavy (non-hydrogen) atoms. The van der Waals surface area contributed by atoms with Crippen molar-refractivity contribution in [2.45, 2.75) is 6.18 Å². The zero-order valence-electron chi connectivity index (χ0n) is 11.0. The van der Waals surface area contributed by atoms with Gasteiger partial charge in [-0.05, 0) is 12.1 Å². The van der Waals surface area contributed by atoms with E-state index in [4.69, 9.17) is 0 Å². The van der Waals surface area contributed by atoms with E-state index in [1.54, 1.807) is 0 Å². The highest BCUT2D eigenvalue weighted by Crippen LogP contribution is 2.31. The minimum absolute atomic E-state index is 0.00921. The maximum absolute atomic E-state index is 12.8. The van der Waals surface area contributed by atoms with Gasteiger partial charge in [-0.3, -0.25) is 0 Å². The number of anilines is 1. The van der Waals surface area contributed by atoms with Crippen molar-refractivity contribution in [3.8, 4) is 5.82 Å². The van der Waals surface area contributed by atoms with Gasteiger partial charge in [0.2, 0.25) is 0 Å². The number of methoxy groups -OCH3 is 1. The summed E-state index contributed by atoms with van der Waals surface area (Å²) < 4.78 is 43.8. The van der Waals surface area contributed by atoms with Crippen molar-refractivity contribution in [1.82, 2.24) is 19.7 Å². The third kappa shape index (κ3) is 3.09. The molecule has 0 spiro atoms. The molecule has 2 heterocycles. The zero-order valence-corrected chi connectivity index (χ0v) is 11.0. The maximum Gasteiger partial charge on any atom is 0.416 e. The summed E-state index contributed by atoms with van der Waals surface area (Å²) >= 11 is 0. The number of esters is 1. The smallest absolute Gasteiger partial charge is 0.416 e. The van der Waals surface area contributed by atoms with E-state index in [1.807, 2.05) is 0 Å². The predicted octanol–water partition coefficient (Wildman–Crippen LogP) is 1.51. The Balaban J connectivity index is 2.48. The van der Waals surface area contributed by atoms with E-state index >= 15 is 0 Å². The van der Waals surface area contributed by atoms with Crippen LogP contribution < -0.4 is 5.32 Å². The number of alkyl halides is 3. The van der Waals surface area contributed by atoms with E-state index in [2.05, 4.69) is 25.1 Å². The predicted molar refractivity (Wildman–Crippen MR) is 65.0 cm³/mol. The quantitative estimate of drug-likeness (QED) is 0.865. The second-order valence-electron chi connectivity index (χ2n) is 3.85. The molecule has 0 radical (unpaired) electrons. The molecule has 2 aromatic rings. The summed E-state index contributed by atoms with van der Waals surface area (Å²) in [6.45, 7) is 0. The van der Waals surface area contributed by atoms with Gasteiger partial charge in [0, 0.05) is 7.05 Å². The number of hydrogen-bond acceptors (Lipinski definition) is 6. The molecule has 2 rings (SSSR count). The molecule has 0 aliphatic carbocycles. The van der Waals surface area contributed by atoms with E-state index in [0.29, 0.717) is 0 Å². The molecule has 0 atom stereocenters. The van der Waals surface area contributed by atoms with Gasteiger partial charge in [0.1, 0.15) is 12.1 Å². The molecule has 112 valence electrons. The molecule has 0 aliphatic rings. The van der Waals surface area contributed by atoms with E-state index in [0.717, 1.165) is 30.3 Å². The Labute approximate surface area is 116 Å². The van der Waals surface area contributed by atoms with Gasteiger partial charge in [-0.2, -0.15) is 13.2 Å². The van der Waals surface area contributed by atoms with Gasteiger partial charge < -0.3 is 10.1 Å². The Kier molecular flexibility index (Phi) is 3.78. The van der Waals surface area contributed by atoms with Crippen molar-refractivity contribution < 1.29 is 22.7 Å². The van der Waals surface area contributed by atoms with Gasteiger partial charge in [-0.25, -0.2) is 19.4 Å². The normalized spacial score (nSPS) is 11.3. The molecule has 0 unspecified atom stereocenters. The Morgan fingerprint density at radius 2 is 2.10 bits per heavy atom. The molecule has 10 heteroatoms. The number of rotatable bonds is 3. The fourth-order valence-corrected chi connectivity index (χ4v) is 1.48. The molecule has 0 aromatic carbocycles. The summed E-state index contributed by atoms with van der Waals surface area (Å²) in [5.41, 5.74) is -0.896. The lowest BCUT2D eigenvalue weighted by atomic mass is 10.2. The van der Waals surface area contributed by atoms with Crippen LogP contribution in [0.3, 0.4) is 0 Å². The highest BCUT2D eigenvalue weighted by atomic mass is 19.4. The molecule has 0 amide bonds. The monoisotopic (exact) mass is 301 g/mol. The zero-order chi connectivity index (χ0) is 15.6. The van der Waals surface area contributed by atoms with Crippen LogP contribution in [0.2, 0.25) is 0 Å². The van der Waals surface area contributed by atoms with Crippen LogP contribution in [0, 0.1) is 0 Å². The topological polar surface area (TPSA) is 81.9 Å². The van der Waals surface area contributed by atoms with Crippen molar-refractivity contribution in [2.75, 3.05) is 19.5 Å². The Hall–Kier alpha value is -2.65. The third-order valence-corrected chi connectivity index (χ3v) is 2.49. The van der Waals surface area contributed by atoms with Crippen LogP contribution in [0.1, 0.15) is 16.2 Å². The molecule has 0 bridgehead atoms. The number of halogens is 3. The highest BCUT2D eigenvalue weighted by molar-refractivity contribution is 5.84. The minimum atomic E-state index is -4.53. The molecule has 0 saturated carbocycles. The molecule has 0 fully saturated rings. The van der Waals surface area contributed by atoms with Gasteiger partial charge in [-0.15, -0.1) is 5.10 Å². The van der Waals surface area contributed by atoms with Crippen molar-refractivity contribution in [2.24, 2.45) is 0 Å². The van der Waals surface area contributed by atoms with E-state index in [-0.39, 0.29) is 17.5 Å². The van der Waals surface area contributed by atoms with Gasteiger partial charge in [0.15, 0.2) is 5.82 Å². The Morgan fingerprint density at radius 3 is 2.67 bits per heavy atom. The van der Waals surface area contributed by atoms with E-state index < -0.39 is 17.7 Å². The van der Waals surface area contributed by atoms with E-state index in [1.165, 1.54) is 7.05 Å². The van der Waals surface area contributed by atoms with Crippen molar-refractivity contribution in [3.05, 3.63) is 29.8 Å². The Morgan fingerprint density at radius 1 is 1.38 bits per heavy atom. The first kappa shape index (κ1) is 14.8. The highest BCUT2D eigenvalue weighted by Gasteiger charge is 2.32. The van der Waals surface area contributed by atoms with Crippen molar-refractivity contribution in [3.63, 3.8) is 0 Å².